The van der Waals surface area contributed by atoms with Gasteiger partial charge in [0.05, 0.1) is 19.3 Å². The van der Waals surface area contributed by atoms with Crippen LogP contribution in [0.1, 0.15) is 56.3 Å². The number of carbonyl (C=O) groups is 1. The normalized spacial score (nSPS) is 21.1. The van der Waals surface area contributed by atoms with Gasteiger partial charge < -0.3 is 24.5 Å². The van der Waals surface area contributed by atoms with E-state index in [0.29, 0.717) is 38.0 Å². The SMILES string of the molecule is CCCCOC(=O)c1nc(N2CC[C@H](N)[C@H](OCC)C2)oc1CC. The Hall–Kier alpha value is -1.60. The molecule has 7 nitrogen and oxygen atoms in total. The summed E-state index contributed by atoms with van der Waals surface area (Å²) in [5, 5.41) is 0. The number of carbonyl (C=O) groups excluding carboxylic acids is 1. The second kappa shape index (κ2) is 9.03. The average molecular weight is 339 g/mol. The van der Waals surface area contributed by atoms with Gasteiger partial charge in [-0.25, -0.2) is 4.79 Å². The van der Waals surface area contributed by atoms with Gasteiger partial charge in [-0.05, 0) is 19.8 Å². The number of piperidine rings is 1. The minimum atomic E-state index is -0.412. The third-order valence-electron chi connectivity index (χ3n) is 4.19. The number of unbranched alkanes of at least 4 members (excludes halogenated alkanes) is 1. The molecule has 2 rings (SSSR count). The Morgan fingerprint density at radius 2 is 2.21 bits per heavy atom. The van der Waals surface area contributed by atoms with Crippen LogP contribution in [-0.4, -0.2) is 49.4 Å². The molecule has 1 saturated heterocycles. The van der Waals surface area contributed by atoms with Gasteiger partial charge >= 0.3 is 5.97 Å². The van der Waals surface area contributed by atoms with Crippen molar-refractivity contribution >= 4 is 12.0 Å². The summed E-state index contributed by atoms with van der Waals surface area (Å²) in [5.74, 6) is 0.152. The van der Waals surface area contributed by atoms with Crippen molar-refractivity contribution in [3.63, 3.8) is 0 Å². The van der Waals surface area contributed by atoms with Crippen LogP contribution < -0.4 is 10.6 Å². The van der Waals surface area contributed by atoms with E-state index in [4.69, 9.17) is 19.6 Å². The molecule has 1 aliphatic heterocycles. The van der Waals surface area contributed by atoms with Gasteiger partial charge in [0.2, 0.25) is 0 Å². The Morgan fingerprint density at radius 1 is 1.42 bits per heavy atom. The molecule has 0 radical (unpaired) electrons. The highest BCUT2D eigenvalue weighted by molar-refractivity contribution is 5.88. The van der Waals surface area contributed by atoms with Gasteiger partial charge in [-0.15, -0.1) is 0 Å². The van der Waals surface area contributed by atoms with Crippen molar-refractivity contribution in [2.24, 2.45) is 5.73 Å². The molecule has 1 fully saturated rings. The van der Waals surface area contributed by atoms with E-state index in [1.807, 2.05) is 18.7 Å². The van der Waals surface area contributed by atoms with Crippen molar-refractivity contribution in [3.05, 3.63) is 11.5 Å². The summed E-state index contributed by atoms with van der Waals surface area (Å²) in [5.41, 5.74) is 6.39. The van der Waals surface area contributed by atoms with Gasteiger partial charge in [-0.1, -0.05) is 20.3 Å². The molecule has 2 N–H and O–H groups in total. The fourth-order valence-electron chi connectivity index (χ4n) is 2.75. The predicted molar refractivity (Wildman–Crippen MR) is 91.3 cm³/mol. The Kier molecular flexibility index (Phi) is 7.05. The lowest BCUT2D eigenvalue weighted by Gasteiger charge is -2.35. The average Bonchev–Trinajstić information content (AvgIpc) is 3.01. The van der Waals surface area contributed by atoms with Gasteiger partial charge in [0.25, 0.3) is 6.01 Å². The number of hydrogen-bond donors (Lipinski definition) is 1. The van der Waals surface area contributed by atoms with Crippen molar-refractivity contribution < 1.29 is 18.7 Å². The topological polar surface area (TPSA) is 90.8 Å². The summed E-state index contributed by atoms with van der Waals surface area (Å²) in [4.78, 5) is 18.6. The predicted octanol–water partition coefficient (Wildman–Crippen LogP) is 2.14. The second-order valence-electron chi connectivity index (χ2n) is 6.00. The van der Waals surface area contributed by atoms with Gasteiger partial charge in [0.1, 0.15) is 5.76 Å². The maximum atomic E-state index is 12.2. The zero-order valence-electron chi connectivity index (χ0n) is 14.9. The molecule has 0 saturated carbocycles. The molecule has 136 valence electrons. The number of aromatic nitrogens is 1. The lowest BCUT2D eigenvalue weighted by Crippen LogP contribution is -2.52. The van der Waals surface area contributed by atoms with Crippen molar-refractivity contribution in [1.29, 1.82) is 0 Å². The van der Waals surface area contributed by atoms with Gasteiger partial charge in [0, 0.05) is 25.6 Å². The Balaban J connectivity index is 2.09. The Labute approximate surface area is 143 Å². The summed E-state index contributed by atoms with van der Waals surface area (Å²) in [6, 6.07) is 0.464. The van der Waals surface area contributed by atoms with Crippen LogP contribution in [0.5, 0.6) is 0 Å². The van der Waals surface area contributed by atoms with Crippen LogP contribution >= 0.6 is 0 Å². The number of anilines is 1. The van der Waals surface area contributed by atoms with Crippen molar-refractivity contribution in [2.75, 3.05) is 31.2 Å². The largest absolute Gasteiger partial charge is 0.461 e. The molecule has 1 aromatic rings. The number of nitrogens with two attached hydrogens (primary N) is 1. The minimum Gasteiger partial charge on any atom is -0.461 e. The fraction of sp³-hybridized carbons (Fsp3) is 0.765. The molecule has 0 spiro atoms. The summed E-state index contributed by atoms with van der Waals surface area (Å²) >= 11 is 0. The Bertz CT molecular complexity index is 532. The van der Waals surface area contributed by atoms with E-state index in [0.717, 1.165) is 25.8 Å². The first-order valence-electron chi connectivity index (χ1n) is 8.89. The van der Waals surface area contributed by atoms with Crippen molar-refractivity contribution in [1.82, 2.24) is 4.98 Å². The van der Waals surface area contributed by atoms with Crippen LogP contribution in [0, 0.1) is 0 Å². The third-order valence-corrected chi connectivity index (χ3v) is 4.19. The van der Waals surface area contributed by atoms with Crippen molar-refractivity contribution in [3.8, 4) is 0 Å². The van der Waals surface area contributed by atoms with Crippen LogP contribution in [-0.2, 0) is 15.9 Å². The fourth-order valence-corrected chi connectivity index (χ4v) is 2.75. The Morgan fingerprint density at radius 3 is 2.88 bits per heavy atom. The van der Waals surface area contributed by atoms with Gasteiger partial charge in [-0.2, -0.15) is 4.98 Å². The highest BCUT2D eigenvalue weighted by Gasteiger charge is 2.31. The summed E-state index contributed by atoms with van der Waals surface area (Å²) in [7, 11) is 0. The molecule has 0 amide bonds. The van der Waals surface area contributed by atoms with E-state index in [2.05, 4.69) is 11.9 Å². The van der Waals surface area contributed by atoms with E-state index < -0.39 is 5.97 Å². The highest BCUT2D eigenvalue weighted by Crippen LogP contribution is 2.24. The van der Waals surface area contributed by atoms with E-state index in [-0.39, 0.29) is 17.8 Å². The first-order valence-corrected chi connectivity index (χ1v) is 8.89. The van der Waals surface area contributed by atoms with Gasteiger partial charge in [-0.3, -0.25) is 0 Å². The summed E-state index contributed by atoms with van der Waals surface area (Å²) < 4.78 is 16.8. The molecule has 2 heterocycles. The monoisotopic (exact) mass is 339 g/mol. The standard InChI is InChI=1S/C17H29N3O4/c1-4-7-10-23-16(21)15-13(5-2)24-17(19-15)20-9-8-12(18)14(11-20)22-6-3/h12,14H,4-11,18H2,1-3H3/t12-,14+/m0/s1. The van der Waals surface area contributed by atoms with E-state index in [1.54, 1.807) is 0 Å². The number of esters is 1. The maximum absolute atomic E-state index is 12.2. The molecular weight excluding hydrogens is 310 g/mol. The van der Waals surface area contributed by atoms with Crippen LogP contribution in [0.2, 0.25) is 0 Å². The smallest absolute Gasteiger partial charge is 0.360 e. The summed E-state index contributed by atoms with van der Waals surface area (Å²) in [6.45, 7) is 8.31. The number of oxazole rings is 1. The number of rotatable bonds is 8. The third kappa shape index (κ3) is 4.48. The lowest BCUT2D eigenvalue weighted by atomic mass is 10.0. The zero-order valence-corrected chi connectivity index (χ0v) is 14.9. The van der Waals surface area contributed by atoms with E-state index in [9.17, 15) is 4.79 Å². The van der Waals surface area contributed by atoms with Gasteiger partial charge in [0.15, 0.2) is 5.69 Å². The number of hydrogen-bond acceptors (Lipinski definition) is 7. The molecule has 0 aromatic carbocycles. The molecule has 0 bridgehead atoms. The molecule has 0 unspecified atom stereocenters. The quantitative estimate of drug-likeness (QED) is 0.573. The highest BCUT2D eigenvalue weighted by atomic mass is 16.5. The van der Waals surface area contributed by atoms with E-state index in [1.165, 1.54) is 0 Å². The molecule has 1 aromatic heterocycles. The minimum absolute atomic E-state index is 0.0142. The first kappa shape index (κ1) is 18.7. The number of nitrogens with zero attached hydrogens (tertiary/aromatic N) is 2. The van der Waals surface area contributed by atoms with Crippen LogP contribution in [0.15, 0.2) is 4.42 Å². The molecule has 1 aliphatic rings. The molecular formula is C17H29N3O4. The zero-order chi connectivity index (χ0) is 17.5. The molecule has 2 atom stereocenters. The molecule has 24 heavy (non-hydrogen) atoms. The molecule has 0 aliphatic carbocycles. The second-order valence-corrected chi connectivity index (χ2v) is 6.00. The summed E-state index contributed by atoms with van der Waals surface area (Å²) in [6.07, 6.45) is 3.15. The number of aryl methyl sites for hydroxylation is 1. The van der Waals surface area contributed by atoms with Crippen LogP contribution in [0.3, 0.4) is 0 Å². The van der Waals surface area contributed by atoms with Crippen LogP contribution in [0.25, 0.3) is 0 Å². The van der Waals surface area contributed by atoms with Crippen LogP contribution in [0.4, 0.5) is 6.01 Å². The molecule has 7 heteroatoms. The van der Waals surface area contributed by atoms with E-state index >= 15 is 0 Å². The first-order chi connectivity index (χ1) is 11.6. The maximum Gasteiger partial charge on any atom is 0.360 e. The number of ether oxygens (including phenoxy) is 2. The van der Waals surface area contributed by atoms with Crippen molar-refractivity contribution in [2.45, 2.75) is 58.6 Å². The lowest BCUT2D eigenvalue weighted by molar-refractivity contribution is 0.0379.